The van der Waals surface area contributed by atoms with Crippen molar-refractivity contribution in [2.24, 2.45) is 0 Å². The first-order valence-corrected chi connectivity index (χ1v) is 8.11. The fraction of sp³-hybridized carbons (Fsp3) is 0.444. The summed E-state index contributed by atoms with van der Waals surface area (Å²) in [6, 6.07) is 12.3. The number of nitrogens with zero attached hydrogens (tertiary/aromatic N) is 3. The molecule has 0 bridgehead atoms. The van der Waals surface area contributed by atoms with Crippen LogP contribution in [0.2, 0.25) is 0 Å². The zero-order valence-electron chi connectivity index (χ0n) is 13.8. The van der Waals surface area contributed by atoms with E-state index in [1.807, 2.05) is 17.9 Å². The van der Waals surface area contributed by atoms with Crippen LogP contribution in [0.3, 0.4) is 0 Å². The molecular weight excluding hydrogens is 288 g/mol. The Balaban J connectivity index is 1.73. The van der Waals surface area contributed by atoms with Crippen LogP contribution in [0.15, 0.2) is 36.4 Å². The largest absolute Gasteiger partial charge is 0.384 e. The summed E-state index contributed by atoms with van der Waals surface area (Å²) in [5.41, 5.74) is 8.04. The van der Waals surface area contributed by atoms with E-state index >= 15 is 0 Å². The number of nitrogen functional groups attached to an aromatic ring is 1. The fourth-order valence-electron chi connectivity index (χ4n) is 3.45. The van der Waals surface area contributed by atoms with Gasteiger partial charge in [0, 0.05) is 24.6 Å². The van der Waals surface area contributed by atoms with Crippen LogP contribution in [-0.4, -0.2) is 33.7 Å². The van der Waals surface area contributed by atoms with Gasteiger partial charge in [-0.1, -0.05) is 37.3 Å². The number of benzene rings is 1. The van der Waals surface area contributed by atoms with Crippen molar-refractivity contribution in [3.05, 3.63) is 47.7 Å². The molecule has 0 spiro atoms. The van der Waals surface area contributed by atoms with Gasteiger partial charge in [0.15, 0.2) is 0 Å². The number of nitrogens with two attached hydrogens (primary N) is 1. The molecule has 0 aliphatic carbocycles. The predicted molar refractivity (Wildman–Crippen MR) is 91.0 cm³/mol. The first-order valence-electron chi connectivity index (χ1n) is 8.11. The van der Waals surface area contributed by atoms with E-state index in [2.05, 4.69) is 36.3 Å². The van der Waals surface area contributed by atoms with Gasteiger partial charge in [0.25, 0.3) is 0 Å². The molecule has 2 N–H and O–H groups in total. The van der Waals surface area contributed by atoms with Gasteiger partial charge in [0.2, 0.25) is 5.91 Å². The van der Waals surface area contributed by atoms with Crippen molar-refractivity contribution in [3.63, 3.8) is 0 Å². The number of carbonyl (C=O) groups excluding carboxylic acids is 1. The van der Waals surface area contributed by atoms with E-state index in [0.717, 1.165) is 31.6 Å². The number of hydrogen-bond acceptors (Lipinski definition) is 3. The second kappa shape index (κ2) is 6.07. The molecule has 1 aromatic carbocycles. The lowest BCUT2D eigenvalue weighted by Gasteiger charge is -2.41. The summed E-state index contributed by atoms with van der Waals surface area (Å²) >= 11 is 0. The lowest BCUT2D eigenvalue weighted by molar-refractivity contribution is -0.134. The normalized spacial score (nSPS) is 21.4. The van der Waals surface area contributed by atoms with E-state index in [0.29, 0.717) is 5.82 Å². The maximum Gasteiger partial charge on any atom is 0.244 e. The fourth-order valence-corrected chi connectivity index (χ4v) is 3.45. The van der Waals surface area contributed by atoms with E-state index in [4.69, 9.17) is 5.73 Å². The van der Waals surface area contributed by atoms with Gasteiger partial charge in [-0.3, -0.25) is 4.79 Å². The summed E-state index contributed by atoms with van der Waals surface area (Å²) in [6.07, 6.45) is 2.12. The molecule has 1 saturated heterocycles. The van der Waals surface area contributed by atoms with Gasteiger partial charge in [-0.15, -0.1) is 0 Å². The van der Waals surface area contributed by atoms with E-state index in [9.17, 15) is 4.79 Å². The maximum absolute atomic E-state index is 12.7. The van der Waals surface area contributed by atoms with Gasteiger partial charge < -0.3 is 10.6 Å². The van der Waals surface area contributed by atoms with Crippen LogP contribution in [0.25, 0.3) is 0 Å². The smallest absolute Gasteiger partial charge is 0.244 e. The van der Waals surface area contributed by atoms with Gasteiger partial charge in [-0.05, 0) is 25.3 Å². The van der Waals surface area contributed by atoms with Crippen LogP contribution in [0.4, 0.5) is 5.82 Å². The molecular formula is C18H24N4O. The van der Waals surface area contributed by atoms with Crippen LogP contribution in [-0.2, 0) is 16.8 Å². The Morgan fingerprint density at radius 3 is 2.74 bits per heavy atom. The molecule has 1 aliphatic rings. The van der Waals surface area contributed by atoms with Crippen LogP contribution in [0.1, 0.15) is 31.0 Å². The number of aryl methyl sites for hydroxylation is 1. The molecule has 1 fully saturated rings. The highest BCUT2D eigenvalue weighted by molar-refractivity contribution is 5.76. The van der Waals surface area contributed by atoms with Crippen LogP contribution >= 0.6 is 0 Å². The molecule has 2 aromatic rings. The van der Waals surface area contributed by atoms with Crippen LogP contribution < -0.4 is 5.73 Å². The third-order valence-corrected chi connectivity index (χ3v) is 4.74. The Bertz CT molecular complexity index is 694. The molecule has 1 aromatic heterocycles. The minimum Gasteiger partial charge on any atom is -0.384 e. The molecule has 122 valence electrons. The number of anilines is 1. The van der Waals surface area contributed by atoms with Gasteiger partial charge in [-0.2, -0.15) is 5.10 Å². The van der Waals surface area contributed by atoms with Crippen molar-refractivity contribution in [1.29, 1.82) is 0 Å². The molecule has 5 heteroatoms. The van der Waals surface area contributed by atoms with Gasteiger partial charge in [0.05, 0.1) is 5.69 Å². The average Bonchev–Trinajstić information content (AvgIpc) is 2.86. The summed E-state index contributed by atoms with van der Waals surface area (Å²) in [6.45, 7) is 5.89. The standard InChI is InChI=1S/C18H24N4O/c1-14-11-16(19)22(20-14)12-17(23)21-10-6-9-18(2,13-21)15-7-4-3-5-8-15/h3-5,7-8,11H,6,9-10,12-13,19H2,1-2H3. The maximum atomic E-state index is 12.7. The highest BCUT2D eigenvalue weighted by Gasteiger charge is 2.34. The van der Waals surface area contributed by atoms with E-state index in [1.165, 1.54) is 5.56 Å². The predicted octanol–water partition coefficient (Wildman–Crippen LogP) is 2.35. The third-order valence-electron chi connectivity index (χ3n) is 4.74. The number of hydrogen-bond donors (Lipinski definition) is 1. The highest BCUT2D eigenvalue weighted by atomic mass is 16.2. The number of piperidine rings is 1. The van der Waals surface area contributed by atoms with Crippen LogP contribution in [0.5, 0.6) is 0 Å². The summed E-state index contributed by atoms with van der Waals surface area (Å²) in [7, 11) is 0. The summed E-state index contributed by atoms with van der Waals surface area (Å²) in [4.78, 5) is 14.6. The Kier molecular flexibility index (Phi) is 4.11. The molecule has 23 heavy (non-hydrogen) atoms. The topological polar surface area (TPSA) is 64.2 Å². The lowest BCUT2D eigenvalue weighted by Crippen LogP contribution is -2.48. The Labute approximate surface area is 137 Å². The summed E-state index contributed by atoms with van der Waals surface area (Å²) < 4.78 is 1.59. The zero-order chi connectivity index (χ0) is 16.4. The van der Waals surface area contributed by atoms with Crippen LogP contribution in [0, 0.1) is 6.92 Å². The molecule has 5 nitrogen and oxygen atoms in total. The molecule has 1 atom stereocenters. The van der Waals surface area contributed by atoms with E-state index in [-0.39, 0.29) is 17.9 Å². The number of likely N-dealkylation sites (tertiary alicyclic amines) is 1. The third kappa shape index (κ3) is 3.23. The van der Waals surface area contributed by atoms with Crippen molar-refractivity contribution in [1.82, 2.24) is 14.7 Å². The Morgan fingerprint density at radius 1 is 1.35 bits per heavy atom. The molecule has 1 unspecified atom stereocenters. The number of rotatable bonds is 3. The number of aromatic nitrogens is 2. The van der Waals surface area contributed by atoms with E-state index in [1.54, 1.807) is 10.7 Å². The summed E-state index contributed by atoms with van der Waals surface area (Å²) in [5.74, 6) is 0.625. The van der Waals surface area contributed by atoms with Gasteiger partial charge in [0.1, 0.15) is 12.4 Å². The highest BCUT2D eigenvalue weighted by Crippen LogP contribution is 2.33. The van der Waals surface area contributed by atoms with Crippen molar-refractivity contribution >= 4 is 11.7 Å². The molecule has 3 rings (SSSR count). The molecule has 0 saturated carbocycles. The minimum atomic E-state index is 0.0146. The van der Waals surface area contributed by atoms with Crippen molar-refractivity contribution in [2.45, 2.75) is 38.6 Å². The quantitative estimate of drug-likeness (QED) is 0.946. The first kappa shape index (κ1) is 15.6. The SMILES string of the molecule is Cc1cc(N)n(CC(=O)N2CCCC(C)(c3ccccc3)C2)n1. The van der Waals surface area contributed by atoms with Crippen molar-refractivity contribution < 1.29 is 4.79 Å². The minimum absolute atomic E-state index is 0.0146. The number of carbonyl (C=O) groups is 1. The molecule has 1 aliphatic heterocycles. The summed E-state index contributed by atoms with van der Waals surface area (Å²) in [5, 5.41) is 4.28. The second-order valence-corrected chi connectivity index (χ2v) is 6.71. The van der Waals surface area contributed by atoms with E-state index < -0.39 is 0 Å². The van der Waals surface area contributed by atoms with Crippen molar-refractivity contribution in [3.8, 4) is 0 Å². The van der Waals surface area contributed by atoms with Crippen molar-refractivity contribution in [2.75, 3.05) is 18.8 Å². The lowest BCUT2D eigenvalue weighted by atomic mass is 9.76. The Morgan fingerprint density at radius 2 is 2.09 bits per heavy atom. The average molecular weight is 312 g/mol. The van der Waals surface area contributed by atoms with Gasteiger partial charge >= 0.3 is 0 Å². The number of amides is 1. The monoisotopic (exact) mass is 312 g/mol. The van der Waals surface area contributed by atoms with Gasteiger partial charge in [-0.25, -0.2) is 4.68 Å². The zero-order valence-corrected chi connectivity index (χ0v) is 13.8. The second-order valence-electron chi connectivity index (χ2n) is 6.71. The molecule has 0 radical (unpaired) electrons. The first-order chi connectivity index (χ1) is 11.0. The Hall–Kier alpha value is -2.30. The molecule has 2 heterocycles. The molecule has 1 amide bonds.